The number of hydrogen-bond acceptors (Lipinski definition) is 4. The van der Waals surface area contributed by atoms with E-state index in [2.05, 4.69) is 21.2 Å². The highest BCUT2D eigenvalue weighted by atomic mass is 79.9. The number of methoxy groups -OCH3 is 2. The van der Waals surface area contributed by atoms with Gasteiger partial charge >= 0.3 is 0 Å². The van der Waals surface area contributed by atoms with Gasteiger partial charge in [0.15, 0.2) is 0 Å². The Morgan fingerprint density at radius 1 is 1.25 bits per heavy atom. The lowest BCUT2D eigenvalue weighted by Crippen LogP contribution is -2.11. The Hall–Kier alpha value is -1.24. The molecule has 0 aliphatic rings. The predicted octanol–water partition coefficient (Wildman–Crippen LogP) is 4.43. The number of thiophene rings is 1. The summed E-state index contributed by atoms with van der Waals surface area (Å²) in [7, 11) is 3.03. The summed E-state index contributed by atoms with van der Waals surface area (Å²) in [6, 6.07) is 4.97. The number of anilines is 1. The van der Waals surface area contributed by atoms with Crippen LogP contribution in [0.2, 0.25) is 5.02 Å². The zero-order chi connectivity index (χ0) is 14.7. The highest BCUT2D eigenvalue weighted by molar-refractivity contribution is 9.11. The fourth-order valence-electron chi connectivity index (χ4n) is 1.58. The highest BCUT2D eigenvalue weighted by Crippen LogP contribution is 2.36. The lowest BCUT2D eigenvalue weighted by atomic mass is 10.2. The van der Waals surface area contributed by atoms with E-state index in [4.69, 9.17) is 21.1 Å². The van der Waals surface area contributed by atoms with Crippen molar-refractivity contribution in [3.8, 4) is 11.5 Å². The first kappa shape index (κ1) is 15.2. The van der Waals surface area contributed by atoms with Gasteiger partial charge in [0, 0.05) is 11.4 Å². The van der Waals surface area contributed by atoms with Crippen LogP contribution in [0.1, 0.15) is 10.4 Å². The molecule has 0 radical (unpaired) electrons. The van der Waals surface area contributed by atoms with Gasteiger partial charge < -0.3 is 14.8 Å². The van der Waals surface area contributed by atoms with E-state index >= 15 is 0 Å². The van der Waals surface area contributed by atoms with E-state index in [9.17, 15) is 4.79 Å². The molecule has 0 unspecified atom stereocenters. The highest BCUT2D eigenvalue weighted by Gasteiger charge is 2.14. The fraction of sp³-hybridized carbons (Fsp3) is 0.154. The molecule has 0 saturated heterocycles. The van der Waals surface area contributed by atoms with Crippen LogP contribution in [0.25, 0.3) is 0 Å². The molecule has 0 spiro atoms. The van der Waals surface area contributed by atoms with Crippen molar-refractivity contribution in [1.29, 1.82) is 0 Å². The third kappa shape index (κ3) is 3.26. The largest absolute Gasteiger partial charge is 0.495 e. The Kier molecular flexibility index (Phi) is 4.91. The molecule has 2 aromatic rings. The number of nitrogens with one attached hydrogen (secondary N) is 1. The minimum Gasteiger partial charge on any atom is -0.495 e. The molecule has 20 heavy (non-hydrogen) atoms. The molecular formula is C13H11BrClNO3S. The van der Waals surface area contributed by atoms with Crippen molar-refractivity contribution >= 4 is 50.5 Å². The van der Waals surface area contributed by atoms with Crippen LogP contribution in [-0.2, 0) is 0 Å². The van der Waals surface area contributed by atoms with Crippen molar-refractivity contribution in [2.75, 3.05) is 19.5 Å². The van der Waals surface area contributed by atoms with Gasteiger partial charge in [-0.2, -0.15) is 0 Å². The number of hydrogen-bond donors (Lipinski definition) is 1. The van der Waals surface area contributed by atoms with Crippen molar-refractivity contribution < 1.29 is 14.3 Å². The first-order chi connectivity index (χ1) is 9.55. The molecule has 0 atom stereocenters. The number of benzene rings is 1. The standard InChI is InChI=1S/C13H11BrClNO3S/c1-18-10-5-11(19-2)9(4-8(10)15)16-13(17)7-3-12(14)20-6-7/h3-6H,1-2H3,(H,16,17). The van der Waals surface area contributed by atoms with Crippen LogP contribution in [0.4, 0.5) is 5.69 Å². The molecule has 0 bridgehead atoms. The van der Waals surface area contributed by atoms with Gasteiger partial charge in [0.25, 0.3) is 5.91 Å². The number of carbonyl (C=O) groups is 1. The normalized spacial score (nSPS) is 10.2. The van der Waals surface area contributed by atoms with E-state index in [1.54, 1.807) is 23.6 Å². The summed E-state index contributed by atoms with van der Waals surface area (Å²) in [4.78, 5) is 12.1. The number of carbonyl (C=O) groups excluding carboxylic acids is 1. The molecule has 2 rings (SSSR count). The lowest BCUT2D eigenvalue weighted by molar-refractivity contribution is 0.102. The average molecular weight is 377 g/mol. The third-order valence-electron chi connectivity index (χ3n) is 2.55. The predicted molar refractivity (Wildman–Crippen MR) is 84.5 cm³/mol. The van der Waals surface area contributed by atoms with Gasteiger partial charge in [0.05, 0.1) is 34.3 Å². The molecule has 0 aliphatic heterocycles. The van der Waals surface area contributed by atoms with E-state index in [-0.39, 0.29) is 5.91 Å². The molecule has 1 aromatic heterocycles. The molecule has 4 nitrogen and oxygen atoms in total. The molecule has 1 amide bonds. The zero-order valence-electron chi connectivity index (χ0n) is 10.7. The smallest absolute Gasteiger partial charge is 0.256 e. The average Bonchev–Trinajstić information content (AvgIpc) is 2.86. The van der Waals surface area contributed by atoms with Gasteiger partial charge in [-0.25, -0.2) is 0 Å². The van der Waals surface area contributed by atoms with Gasteiger partial charge in [0.1, 0.15) is 11.5 Å². The molecule has 0 fully saturated rings. The topological polar surface area (TPSA) is 47.6 Å². The first-order valence-electron chi connectivity index (χ1n) is 5.52. The summed E-state index contributed by atoms with van der Waals surface area (Å²) in [6.07, 6.45) is 0. The Morgan fingerprint density at radius 2 is 1.95 bits per heavy atom. The Labute approximate surface area is 133 Å². The molecule has 1 aromatic carbocycles. The van der Waals surface area contributed by atoms with Crippen LogP contribution < -0.4 is 14.8 Å². The van der Waals surface area contributed by atoms with Crippen LogP contribution in [-0.4, -0.2) is 20.1 Å². The number of ether oxygens (including phenoxy) is 2. The maximum absolute atomic E-state index is 12.1. The molecule has 1 heterocycles. The van der Waals surface area contributed by atoms with Crippen molar-refractivity contribution in [1.82, 2.24) is 0 Å². The maximum Gasteiger partial charge on any atom is 0.256 e. The Balaban J connectivity index is 2.28. The van der Waals surface area contributed by atoms with E-state index in [0.29, 0.717) is 27.8 Å². The summed E-state index contributed by atoms with van der Waals surface area (Å²) in [5.74, 6) is 0.736. The van der Waals surface area contributed by atoms with Gasteiger partial charge in [-0.3, -0.25) is 4.79 Å². The van der Waals surface area contributed by atoms with Crippen LogP contribution >= 0.6 is 38.9 Å². The zero-order valence-corrected chi connectivity index (χ0v) is 13.9. The molecule has 1 N–H and O–H groups in total. The number of halogens is 2. The van der Waals surface area contributed by atoms with E-state index in [0.717, 1.165) is 3.79 Å². The summed E-state index contributed by atoms with van der Waals surface area (Å²) in [6.45, 7) is 0. The van der Waals surface area contributed by atoms with E-state index < -0.39 is 0 Å². The molecule has 0 aliphatic carbocycles. The van der Waals surface area contributed by atoms with Crippen molar-refractivity contribution in [2.24, 2.45) is 0 Å². The van der Waals surface area contributed by atoms with Crippen LogP contribution in [0.5, 0.6) is 11.5 Å². The monoisotopic (exact) mass is 375 g/mol. The number of amides is 1. The van der Waals surface area contributed by atoms with E-state index in [1.165, 1.54) is 25.6 Å². The summed E-state index contributed by atoms with van der Waals surface area (Å²) in [5, 5.41) is 4.92. The van der Waals surface area contributed by atoms with Gasteiger partial charge in [-0.05, 0) is 28.1 Å². The van der Waals surface area contributed by atoms with Crippen molar-refractivity contribution in [2.45, 2.75) is 0 Å². The quantitative estimate of drug-likeness (QED) is 0.858. The van der Waals surface area contributed by atoms with Gasteiger partial charge in [0.2, 0.25) is 0 Å². The van der Waals surface area contributed by atoms with Gasteiger partial charge in [-0.15, -0.1) is 11.3 Å². The van der Waals surface area contributed by atoms with E-state index in [1.807, 2.05) is 0 Å². The van der Waals surface area contributed by atoms with Crippen molar-refractivity contribution in [3.05, 3.63) is 38.0 Å². The first-order valence-corrected chi connectivity index (χ1v) is 7.57. The number of rotatable bonds is 4. The summed E-state index contributed by atoms with van der Waals surface area (Å²) in [5.41, 5.74) is 1.06. The minimum absolute atomic E-state index is 0.230. The molecule has 106 valence electrons. The van der Waals surface area contributed by atoms with Crippen LogP contribution in [0.15, 0.2) is 27.4 Å². The molecular weight excluding hydrogens is 366 g/mol. The van der Waals surface area contributed by atoms with Crippen molar-refractivity contribution in [3.63, 3.8) is 0 Å². The molecule has 7 heteroatoms. The second-order valence-corrected chi connectivity index (χ2v) is 6.48. The molecule has 0 saturated carbocycles. The third-order valence-corrected chi connectivity index (χ3v) is 4.35. The van der Waals surface area contributed by atoms with Crippen LogP contribution in [0, 0.1) is 0 Å². The summed E-state index contributed by atoms with van der Waals surface area (Å²) < 4.78 is 11.2. The summed E-state index contributed by atoms with van der Waals surface area (Å²) >= 11 is 10.8. The second-order valence-electron chi connectivity index (χ2n) is 3.78. The second kappa shape index (κ2) is 6.47. The lowest BCUT2D eigenvalue weighted by Gasteiger charge is -2.12. The van der Waals surface area contributed by atoms with Crippen LogP contribution in [0.3, 0.4) is 0 Å². The Bertz CT molecular complexity index is 645. The maximum atomic E-state index is 12.1. The minimum atomic E-state index is -0.230. The van der Waals surface area contributed by atoms with Gasteiger partial charge in [-0.1, -0.05) is 11.6 Å². The Morgan fingerprint density at radius 3 is 2.50 bits per heavy atom. The SMILES string of the molecule is COc1cc(OC)c(NC(=O)c2csc(Br)c2)cc1Cl. The fourth-order valence-corrected chi connectivity index (χ4v) is 2.96.